The first kappa shape index (κ1) is 31.3. The number of benzene rings is 1. The van der Waals surface area contributed by atoms with Crippen molar-refractivity contribution in [3.63, 3.8) is 0 Å². The van der Waals surface area contributed by atoms with E-state index in [1.165, 1.54) is 24.7 Å². The predicted octanol–water partition coefficient (Wildman–Crippen LogP) is 6.11. The van der Waals surface area contributed by atoms with Gasteiger partial charge in [0.05, 0.1) is 23.3 Å². The third-order valence-corrected chi connectivity index (χ3v) is 8.63. The molecule has 5 aromatic rings. The number of nitrogens with two attached hydrogens (primary N) is 1. The zero-order chi connectivity index (χ0) is 31.4. The first-order valence-electron chi connectivity index (χ1n) is 13.9. The lowest BCUT2D eigenvalue weighted by Gasteiger charge is -2.18. The molecule has 0 fully saturated rings. The number of aliphatic hydroxyl groups is 1. The van der Waals surface area contributed by atoms with Gasteiger partial charge in [-0.2, -0.15) is 0 Å². The average molecular weight is 638 g/mol. The van der Waals surface area contributed by atoms with Crippen molar-refractivity contribution in [3.05, 3.63) is 65.7 Å². The molecular weight excluding hydrogens is 605 g/mol. The fourth-order valence-electron chi connectivity index (χ4n) is 4.59. The minimum atomic E-state index is -1.37. The Kier molecular flexibility index (Phi) is 9.39. The second-order valence-corrected chi connectivity index (χ2v) is 17.3. The lowest BCUT2D eigenvalue weighted by atomic mass is 9.99. The Balaban J connectivity index is 1.70. The summed E-state index contributed by atoms with van der Waals surface area (Å²) in [7, 11) is -1.37. The number of pyridine rings is 1. The molecule has 14 heteroatoms. The number of ether oxygens (including phenoxy) is 3. The number of halogens is 2. The fraction of sp³-hybridized carbons (Fsp3) is 0.300. The maximum atomic E-state index is 15.7. The van der Waals surface area contributed by atoms with Crippen molar-refractivity contribution in [2.75, 3.05) is 25.6 Å². The van der Waals surface area contributed by atoms with Crippen molar-refractivity contribution < 1.29 is 23.7 Å². The van der Waals surface area contributed by atoms with E-state index in [1.54, 1.807) is 31.3 Å². The SMILES string of the molecule is Cc1ccnc(Oc2ccc(-c3c(-c4cnc(Cl)cc4OCCO)n(COCC[Si](C)(C)C)c4ncnc(N)c34)cc2F)n1. The van der Waals surface area contributed by atoms with Gasteiger partial charge in [-0.05, 0) is 36.7 Å². The highest BCUT2D eigenvalue weighted by Gasteiger charge is 2.27. The molecule has 0 saturated carbocycles. The minimum absolute atomic E-state index is 0.0131. The molecule has 0 atom stereocenters. The topological polar surface area (TPSA) is 143 Å². The van der Waals surface area contributed by atoms with Crippen LogP contribution in [0, 0.1) is 12.7 Å². The molecule has 0 radical (unpaired) electrons. The van der Waals surface area contributed by atoms with E-state index in [0.717, 1.165) is 6.04 Å². The van der Waals surface area contributed by atoms with Crippen LogP contribution in [0.5, 0.6) is 17.5 Å². The summed E-state index contributed by atoms with van der Waals surface area (Å²) < 4.78 is 35.2. The molecule has 0 spiro atoms. The molecule has 0 saturated heterocycles. The number of aromatic nitrogens is 6. The van der Waals surface area contributed by atoms with Crippen LogP contribution in [0.15, 0.2) is 49.1 Å². The smallest absolute Gasteiger partial charge is 0.322 e. The van der Waals surface area contributed by atoms with Gasteiger partial charge in [0.1, 0.15) is 42.0 Å². The molecule has 5 rings (SSSR count). The highest BCUT2D eigenvalue weighted by atomic mass is 35.5. The summed E-state index contributed by atoms with van der Waals surface area (Å²) in [6.07, 6.45) is 4.46. The van der Waals surface area contributed by atoms with Crippen molar-refractivity contribution in [2.24, 2.45) is 0 Å². The maximum absolute atomic E-state index is 15.7. The van der Waals surface area contributed by atoms with Crippen molar-refractivity contribution >= 4 is 36.5 Å². The molecule has 4 aromatic heterocycles. The molecule has 44 heavy (non-hydrogen) atoms. The number of nitrogens with zero attached hydrogens (tertiary/aromatic N) is 6. The number of aryl methyl sites for hydroxylation is 1. The van der Waals surface area contributed by atoms with Crippen molar-refractivity contribution in [3.8, 4) is 39.9 Å². The molecule has 0 bridgehead atoms. The zero-order valence-electron chi connectivity index (χ0n) is 24.8. The summed E-state index contributed by atoms with van der Waals surface area (Å²) in [4.78, 5) is 21.4. The summed E-state index contributed by atoms with van der Waals surface area (Å²) in [6.45, 7) is 9.06. The Hall–Kier alpha value is -4.17. The number of hydrogen-bond donors (Lipinski definition) is 2. The van der Waals surface area contributed by atoms with Gasteiger partial charge in [0.15, 0.2) is 11.6 Å². The Bertz CT molecular complexity index is 1800. The molecular formula is C30H33ClFN7O4Si. The van der Waals surface area contributed by atoms with Gasteiger partial charge in [0.25, 0.3) is 0 Å². The normalized spacial score (nSPS) is 11.7. The van der Waals surface area contributed by atoms with Gasteiger partial charge in [-0.25, -0.2) is 29.3 Å². The van der Waals surface area contributed by atoms with Gasteiger partial charge in [-0.15, -0.1) is 0 Å². The Morgan fingerprint density at radius 2 is 1.86 bits per heavy atom. The van der Waals surface area contributed by atoms with Crippen LogP contribution in [0.1, 0.15) is 5.69 Å². The van der Waals surface area contributed by atoms with Crippen LogP contribution in [0.2, 0.25) is 30.8 Å². The molecule has 230 valence electrons. The quantitative estimate of drug-likeness (QED) is 0.0934. The van der Waals surface area contributed by atoms with Crippen LogP contribution in [0.4, 0.5) is 10.2 Å². The van der Waals surface area contributed by atoms with Gasteiger partial charge in [0, 0.05) is 44.4 Å². The Morgan fingerprint density at radius 1 is 1.05 bits per heavy atom. The van der Waals surface area contributed by atoms with E-state index in [0.29, 0.717) is 51.5 Å². The molecule has 0 amide bonds. The van der Waals surface area contributed by atoms with Crippen LogP contribution in [-0.2, 0) is 11.5 Å². The van der Waals surface area contributed by atoms with E-state index in [1.807, 2.05) is 4.57 Å². The monoisotopic (exact) mass is 637 g/mol. The van der Waals surface area contributed by atoms with Crippen LogP contribution in [-0.4, -0.2) is 62.5 Å². The molecule has 4 heterocycles. The van der Waals surface area contributed by atoms with Crippen molar-refractivity contribution in [1.82, 2.24) is 29.5 Å². The van der Waals surface area contributed by atoms with Gasteiger partial charge in [-0.1, -0.05) is 37.3 Å². The number of hydrogen-bond acceptors (Lipinski definition) is 10. The van der Waals surface area contributed by atoms with Crippen molar-refractivity contribution in [1.29, 1.82) is 0 Å². The lowest BCUT2D eigenvalue weighted by Crippen LogP contribution is -2.22. The third-order valence-electron chi connectivity index (χ3n) is 6.72. The van der Waals surface area contributed by atoms with E-state index >= 15 is 4.39 Å². The second kappa shape index (κ2) is 13.2. The second-order valence-electron chi connectivity index (χ2n) is 11.3. The standard InChI is InChI=1S/C30H33ClFN7O4Si/c1-18-7-8-34-30(38-18)43-22-6-5-19(13-21(22)32)25-26-28(33)36-16-37-29(26)39(17-41-11-12-44(2,3)4)27(25)20-15-35-24(31)14-23(20)42-10-9-40/h5-8,13-16,40H,9-12,17H2,1-4H3,(H2,33,36,37). The minimum Gasteiger partial charge on any atom is -0.490 e. The molecule has 0 aliphatic carbocycles. The number of fused-ring (bicyclic) bond motifs is 1. The predicted molar refractivity (Wildman–Crippen MR) is 169 cm³/mol. The van der Waals surface area contributed by atoms with Gasteiger partial charge in [-0.3, -0.25) is 0 Å². The Morgan fingerprint density at radius 3 is 2.59 bits per heavy atom. The van der Waals surface area contributed by atoms with Gasteiger partial charge >= 0.3 is 6.01 Å². The van der Waals surface area contributed by atoms with Crippen molar-refractivity contribution in [2.45, 2.75) is 39.3 Å². The number of nitrogen functional groups attached to an aromatic ring is 1. The van der Waals surface area contributed by atoms with E-state index in [-0.39, 0.29) is 42.7 Å². The largest absolute Gasteiger partial charge is 0.490 e. The molecule has 0 unspecified atom stereocenters. The van der Waals surface area contributed by atoms with Crippen LogP contribution in [0.25, 0.3) is 33.4 Å². The average Bonchev–Trinajstić information content (AvgIpc) is 3.30. The zero-order valence-corrected chi connectivity index (χ0v) is 26.6. The highest BCUT2D eigenvalue weighted by molar-refractivity contribution is 6.76. The summed E-state index contributed by atoms with van der Waals surface area (Å²) in [5.74, 6) is -0.147. The lowest BCUT2D eigenvalue weighted by molar-refractivity contribution is 0.0909. The molecule has 11 nitrogen and oxygen atoms in total. The van der Waals surface area contributed by atoms with E-state index in [4.69, 9.17) is 31.5 Å². The first-order chi connectivity index (χ1) is 21.1. The van der Waals surface area contributed by atoms with Gasteiger partial charge < -0.3 is 29.6 Å². The summed E-state index contributed by atoms with van der Waals surface area (Å²) in [5, 5.41) is 10.2. The van der Waals surface area contributed by atoms with Crippen LogP contribution in [0.3, 0.4) is 0 Å². The van der Waals surface area contributed by atoms with Crippen LogP contribution >= 0.6 is 11.6 Å². The summed E-state index contributed by atoms with van der Waals surface area (Å²) in [5.41, 5.74) is 9.67. The van der Waals surface area contributed by atoms with Crippen LogP contribution < -0.4 is 15.2 Å². The number of anilines is 1. The summed E-state index contributed by atoms with van der Waals surface area (Å²) >= 11 is 6.25. The highest BCUT2D eigenvalue weighted by Crippen LogP contribution is 2.45. The fourth-order valence-corrected chi connectivity index (χ4v) is 5.50. The maximum Gasteiger partial charge on any atom is 0.322 e. The number of aliphatic hydroxyl groups excluding tert-OH is 1. The molecule has 0 aliphatic heterocycles. The molecule has 3 N–H and O–H groups in total. The number of rotatable bonds is 12. The summed E-state index contributed by atoms with van der Waals surface area (Å²) in [6, 6.07) is 8.79. The molecule has 0 aliphatic rings. The third kappa shape index (κ3) is 6.96. The van der Waals surface area contributed by atoms with E-state index in [9.17, 15) is 5.11 Å². The van der Waals surface area contributed by atoms with Gasteiger partial charge in [0.2, 0.25) is 0 Å². The first-order valence-corrected chi connectivity index (χ1v) is 18.0. The van der Waals surface area contributed by atoms with E-state index < -0.39 is 13.9 Å². The van der Waals surface area contributed by atoms with E-state index in [2.05, 4.69) is 44.6 Å². The Labute approximate surface area is 259 Å². The molecule has 1 aromatic carbocycles.